The van der Waals surface area contributed by atoms with E-state index in [1.807, 2.05) is 35.2 Å². The number of aliphatic hydroxyl groups excluding tert-OH is 1. The van der Waals surface area contributed by atoms with E-state index >= 15 is 0 Å². The van der Waals surface area contributed by atoms with Crippen LogP contribution in [0.1, 0.15) is 25.7 Å². The van der Waals surface area contributed by atoms with Crippen LogP contribution in [0.5, 0.6) is 5.75 Å². The maximum Gasteiger partial charge on any atom is 0.228 e. The summed E-state index contributed by atoms with van der Waals surface area (Å²) in [7, 11) is 1.74. The van der Waals surface area contributed by atoms with Crippen LogP contribution in [-0.2, 0) is 9.59 Å². The minimum atomic E-state index is -0.496. The first-order valence-corrected chi connectivity index (χ1v) is 8.89. The summed E-state index contributed by atoms with van der Waals surface area (Å²) in [4.78, 5) is 28.4. The summed E-state index contributed by atoms with van der Waals surface area (Å²) in [5, 5.41) is 10.0. The fourth-order valence-electron chi connectivity index (χ4n) is 3.94. The highest BCUT2D eigenvalue weighted by Gasteiger charge is 2.47. The van der Waals surface area contributed by atoms with E-state index in [1.165, 1.54) is 0 Å². The summed E-state index contributed by atoms with van der Waals surface area (Å²) in [5.41, 5.74) is -0.496. The highest BCUT2D eigenvalue weighted by molar-refractivity contribution is 5.84. The highest BCUT2D eigenvalue weighted by Crippen LogP contribution is 2.40. The molecular formula is C19H26N2O4. The Morgan fingerprint density at radius 2 is 1.96 bits per heavy atom. The number of hydrogen-bond donors (Lipinski definition) is 1. The number of carbonyl (C=O) groups excluding carboxylic acids is 2. The van der Waals surface area contributed by atoms with Gasteiger partial charge in [-0.2, -0.15) is 0 Å². The van der Waals surface area contributed by atoms with E-state index in [4.69, 9.17) is 4.74 Å². The molecule has 2 amide bonds. The lowest BCUT2D eigenvalue weighted by Crippen LogP contribution is -2.56. The molecule has 1 aromatic carbocycles. The Balaban J connectivity index is 1.48. The van der Waals surface area contributed by atoms with Crippen molar-refractivity contribution in [1.82, 2.24) is 9.80 Å². The van der Waals surface area contributed by atoms with Crippen molar-refractivity contribution in [3.05, 3.63) is 30.3 Å². The number of ether oxygens (including phenoxy) is 1. The van der Waals surface area contributed by atoms with Gasteiger partial charge < -0.3 is 19.6 Å². The van der Waals surface area contributed by atoms with E-state index in [1.54, 1.807) is 11.9 Å². The molecule has 2 aliphatic heterocycles. The van der Waals surface area contributed by atoms with Crippen LogP contribution in [0.4, 0.5) is 0 Å². The lowest BCUT2D eigenvalue weighted by molar-refractivity contribution is -0.156. The molecule has 6 heteroatoms. The van der Waals surface area contributed by atoms with Gasteiger partial charge in [0.2, 0.25) is 11.8 Å². The van der Waals surface area contributed by atoms with E-state index in [0.29, 0.717) is 51.9 Å². The van der Waals surface area contributed by atoms with Gasteiger partial charge >= 0.3 is 0 Å². The number of aliphatic hydroxyl groups is 1. The lowest BCUT2D eigenvalue weighted by Gasteiger charge is -2.47. The van der Waals surface area contributed by atoms with Crippen LogP contribution in [0.25, 0.3) is 0 Å². The zero-order valence-electron chi connectivity index (χ0n) is 14.7. The molecule has 1 aromatic rings. The van der Waals surface area contributed by atoms with Gasteiger partial charge in [-0.1, -0.05) is 18.2 Å². The van der Waals surface area contributed by atoms with Crippen molar-refractivity contribution < 1.29 is 19.4 Å². The average molecular weight is 346 g/mol. The molecule has 3 rings (SSSR count). The first-order valence-electron chi connectivity index (χ1n) is 8.89. The molecule has 2 saturated heterocycles. The van der Waals surface area contributed by atoms with Crippen molar-refractivity contribution in [3.8, 4) is 5.75 Å². The van der Waals surface area contributed by atoms with E-state index in [9.17, 15) is 14.7 Å². The zero-order chi connectivity index (χ0) is 17.9. The number of carbonyl (C=O) groups is 2. The predicted molar refractivity (Wildman–Crippen MR) is 93.1 cm³/mol. The van der Waals surface area contributed by atoms with Gasteiger partial charge in [0.05, 0.1) is 24.5 Å². The van der Waals surface area contributed by atoms with Gasteiger partial charge in [-0.05, 0) is 31.4 Å². The number of β-amino-alcohol motifs (C(OH)–C–C–N with tert-alkyl or cyclic N) is 1. The van der Waals surface area contributed by atoms with Crippen LogP contribution in [0.2, 0.25) is 0 Å². The first kappa shape index (κ1) is 17.7. The molecule has 2 aliphatic rings. The Hall–Kier alpha value is -2.08. The Morgan fingerprint density at radius 1 is 1.28 bits per heavy atom. The number of likely N-dealkylation sites (N-methyl/N-ethyl adjacent to an activating group) is 1. The zero-order valence-corrected chi connectivity index (χ0v) is 14.7. The van der Waals surface area contributed by atoms with Gasteiger partial charge in [-0.25, -0.2) is 0 Å². The number of nitrogens with zero attached hydrogens (tertiary/aromatic N) is 2. The number of para-hydroxylation sites is 1. The van der Waals surface area contributed by atoms with Crippen molar-refractivity contribution >= 4 is 11.8 Å². The summed E-state index contributed by atoms with van der Waals surface area (Å²) in [6, 6.07) is 9.45. The van der Waals surface area contributed by atoms with Crippen LogP contribution in [0.3, 0.4) is 0 Å². The van der Waals surface area contributed by atoms with Crippen molar-refractivity contribution in [2.45, 2.75) is 31.8 Å². The van der Waals surface area contributed by atoms with Crippen LogP contribution >= 0.6 is 0 Å². The molecule has 1 unspecified atom stereocenters. The largest absolute Gasteiger partial charge is 0.493 e. The standard InChI is InChI=1S/C19H26N2O4/c1-20-14-15(22)13-19(18(20)24)8-10-21(11-9-19)17(23)7-12-25-16-5-3-2-4-6-16/h2-6,15,22H,7-14H2,1H3. The van der Waals surface area contributed by atoms with Crippen LogP contribution in [-0.4, -0.2) is 66.1 Å². The topological polar surface area (TPSA) is 70.1 Å². The monoisotopic (exact) mass is 346 g/mol. The van der Waals surface area contributed by atoms with Crippen molar-refractivity contribution in [2.75, 3.05) is 33.3 Å². The third-order valence-corrected chi connectivity index (χ3v) is 5.31. The van der Waals surface area contributed by atoms with Crippen molar-refractivity contribution in [1.29, 1.82) is 0 Å². The molecule has 25 heavy (non-hydrogen) atoms. The third-order valence-electron chi connectivity index (χ3n) is 5.31. The maximum atomic E-state index is 12.5. The number of hydrogen-bond acceptors (Lipinski definition) is 4. The minimum absolute atomic E-state index is 0.0583. The minimum Gasteiger partial charge on any atom is -0.493 e. The molecule has 6 nitrogen and oxygen atoms in total. The average Bonchev–Trinajstić information content (AvgIpc) is 2.61. The summed E-state index contributed by atoms with van der Waals surface area (Å²) in [6.07, 6.45) is 1.62. The van der Waals surface area contributed by atoms with Crippen molar-refractivity contribution in [2.24, 2.45) is 5.41 Å². The summed E-state index contributed by atoms with van der Waals surface area (Å²) >= 11 is 0. The normalized spacial score (nSPS) is 23.0. The number of piperidine rings is 2. The fourth-order valence-corrected chi connectivity index (χ4v) is 3.94. The maximum absolute atomic E-state index is 12.5. The molecule has 136 valence electrons. The fraction of sp³-hybridized carbons (Fsp3) is 0.579. The first-order chi connectivity index (χ1) is 12.0. The molecule has 1 spiro atoms. The van der Waals surface area contributed by atoms with Crippen molar-refractivity contribution in [3.63, 3.8) is 0 Å². The molecular weight excluding hydrogens is 320 g/mol. The molecule has 0 radical (unpaired) electrons. The smallest absolute Gasteiger partial charge is 0.228 e. The van der Waals surface area contributed by atoms with Crippen LogP contribution < -0.4 is 4.74 Å². The Morgan fingerprint density at radius 3 is 2.64 bits per heavy atom. The molecule has 2 heterocycles. The van der Waals surface area contributed by atoms with E-state index < -0.39 is 11.5 Å². The molecule has 1 atom stereocenters. The summed E-state index contributed by atoms with van der Waals surface area (Å²) in [5.74, 6) is 0.929. The van der Waals surface area contributed by atoms with Gasteiger partial charge in [-0.3, -0.25) is 9.59 Å². The van der Waals surface area contributed by atoms with E-state index in [2.05, 4.69) is 0 Å². The van der Waals surface area contributed by atoms with Crippen LogP contribution in [0, 0.1) is 5.41 Å². The van der Waals surface area contributed by atoms with E-state index in [-0.39, 0.29) is 11.8 Å². The van der Waals surface area contributed by atoms with Gasteiger partial charge in [0.15, 0.2) is 0 Å². The second-order valence-corrected chi connectivity index (χ2v) is 7.12. The van der Waals surface area contributed by atoms with Gasteiger partial charge in [0.1, 0.15) is 5.75 Å². The molecule has 0 aromatic heterocycles. The van der Waals surface area contributed by atoms with Gasteiger partial charge in [0.25, 0.3) is 0 Å². The Labute approximate surface area is 148 Å². The Bertz CT molecular complexity index is 611. The number of amides is 2. The van der Waals surface area contributed by atoms with E-state index in [0.717, 1.165) is 5.75 Å². The number of benzene rings is 1. The SMILES string of the molecule is CN1CC(O)CC2(CCN(C(=O)CCOc3ccccc3)CC2)C1=O. The predicted octanol–water partition coefficient (Wildman–Crippen LogP) is 1.29. The molecule has 0 aliphatic carbocycles. The summed E-state index contributed by atoms with van der Waals surface area (Å²) < 4.78 is 5.58. The number of likely N-dealkylation sites (tertiary alicyclic amines) is 2. The second-order valence-electron chi connectivity index (χ2n) is 7.12. The second kappa shape index (κ2) is 7.44. The Kier molecular flexibility index (Phi) is 5.27. The van der Waals surface area contributed by atoms with Crippen LogP contribution in [0.15, 0.2) is 30.3 Å². The molecule has 0 bridgehead atoms. The molecule has 1 N–H and O–H groups in total. The third kappa shape index (κ3) is 3.95. The lowest BCUT2D eigenvalue weighted by atomic mass is 9.71. The highest BCUT2D eigenvalue weighted by atomic mass is 16.5. The quantitative estimate of drug-likeness (QED) is 0.892. The summed E-state index contributed by atoms with van der Waals surface area (Å²) in [6.45, 7) is 1.89. The van der Waals surface area contributed by atoms with Gasteiger partial charge in [0, 0.05) is 26.7 Å². The number of rotatable bonds is 4. The molecule has 0 saturated carbocycles. The van der Waals surface area contributed by atoms with Gasteiger partial charge in [-0.15, -0.1) is 0 Å². The molecule has 2 fully saturated rings.